The van der Waals surface area contributed by atoms with Gasteiger partial charge in [0.05, 0.1) is 12.0 Å². The molecule has 2 rings (SSSR count). The number of rotatable bonds is 1. The second-order valence-corrected chi connectivity index (χ2v) is 3.69. The number of primary amides is 1. The fraction of sp³-hybridized carbons (Fsp3) is 0.364. The smallest absolute Gasteiger partial charge is 0.223 e. The first-order valence-electron chi connectivity index (χ1n) is 4.75. The minimum atomic E-state index is -0.725. The van der Waals surface area contributed by atoms with Gasteiger partial charge >= 0.3 is 0 Å². The van der Waals surface area contributed by atoms with Gasteiger partial charge in [-0.3, -0.25) is 4.79 Å². The molecule has 0 heterocycles. The summed E-state index contributed by atoms with van der Waals surface area (Å²) in [5.74, 6) is -0.836. The zero-order chi connectivity index (χ0) is 10.1. The summed E-state index contributed by atoms with van der Waals surface area (Å²) in [7, 11) is 0. The van der Waals surface area contributed by atoms with E-state index in [9.17, 15) is 9.90 Å². The Morgan fingerprint density at radius 3 is 2.86 bits per heavy atom. The van der Waals surface area contributed by atoms with E-state index >= 15 is 0 Å². The highest BCUT2D eigenvalue weighted by atomic mass is 16.3. The third kappa shape index (κ3) is 1.40. The summed E-state index contributed by atoms with van der Waals surface area (Å²) >= 11 is 0. The number of aliphatic hydroxyl groups is 1. The molecule has 0 saturated carbocycles. The second kappa shape index (κ2) is 3.42. The Morgan fingerprint density at radius 2 is 2.14 bits per heavy atom. The topological polar surface area (TPSA) is 63.3 Å². The summed E-state index contributed by atoms with van der Waals surface area (Å²) in [4.78, 5) is 11.0. The van der Waals surface area contributed by atoms with Gasteiger partial charge in [0, 0.05) is 0 Å². The van der Waals surface area contributed by atoms with Crippen molar-refractivity contribution in [3.8, 4) is 0 Å². The number of carbonyl (C=O) groups excluding carboxylic acids is 1. The number of benzene rings is 1. The average molecular weight is 191 g/mol. The van der Waals surface area contributed by atoms with Crippen molar-refractivity contribution < 1.29 is 9.90 Å². The Morgan fingerprint density at radius 1 is 1.43 bits per heavy atom. The molecule has 3 heteroatoms. The number of hydrogen-bond donors (Lipinski definition) is 2. The minimum absolute atomic E-state index is 0.410. The summed E-state index contributed by atoms with van der Waals surface area (Å²) < 4.78 is 0. The molecule has 74 valence electrons. The molecule has 1 aliphatic carbocycles. The lowest BCUT2D eigenvalue weighted by Crippen LogP contribution is -2.32. The predicted octanol–water partition coefficient (Wildman–Crippen LogP) is 0.768. The van der Waals surface area contributed by atoms with Gasteiger partial charge in [-0.2, -0.15) is 0 Å². The summed E-state index contributed by atoms with van der Waals surface area (Å²) in [6.07, 6.45) is 0.742. The van der Waals surface area contributed by atoms with Crippen LogP contribution in [0.1, 0.15) is 23.7 Å². The third-order valence-electron chi connectivity index (χ3n) is 2.84. The van der Waals surface area contributed by atoms with Crippen LogP contribution >= 0.6 is 0 Å². The SMILES string of the molecule is NC(=O)[C@@H]1CCc2ccccc2[C@H]1O. The number of carbonyl (C=O) groups is 1. The molecule has 1 amide bonds. The van der Waals surface area contributed by atoms with Crippen molar-refractivity contribution in [2.45, 2.75) is 18.9 Å². The van der Waals surface area contributed by atoms with E-state index in [-0.39, 0.29) is 0 Å². The molecule has 0 fully saturated rings. The minimum Gasteiger partial charge on any atom is -0.388 e. The summed E-state index contributed by atoms with van der Waals surface area (Å²) in [6, 6.07) is 7.65. The normalized spacial score (nSPS) is 25.5. The maximum Gasteiger partial charge on any atom is 0.223 e. The van der Waals surface area contributed by atoms with E-state index in [0.717, 1.165) is 17.5 Å². The van der Waals surface area contributed by atoms with Gasteiger partial charge in [0.2, 0.25) is 5.91 Å². The van der Waals surface area contributed by atoms with Crippen LogP contribution in [0.5, 0.6) is 0 Å². The van der Waals surface area contributed by atoms with Crippen molar-refractivity contribution in [3.63, 3.8) is 0 Å². The van der Waals surface area contributed by atoms with Crippen molar-refractivity contribution in [2.75, 3.05) is 0 Å². The van der Waals surface area contributed by atoms with Crippen LogP contribution in [0.3, 0.4) is 0 Å². The largest absolute Gasteiger partial charge is 0.388 e. The van der Waals surface area contributed by atoms with Crippen LogP contribution in [0.15, 0.2) is 24.3 Å². The molecule has 0 radical (unpaired) electrons. The maximum absolute atomic E-state index is 11.0. The molecule has 1 aromatic rings. The van der Waals surface area contributed by atoms with Crippen molar-refractivity contribution in [3.05, 3.63) is 35.4 Å². The van der Waals surface area contributed by atoms with Crippen LogP contribution in [-0.2, 0) is 11.2 Å². The van der Waals surface area contributed by atoms with E-state index < -0.39 is 17.9 Å². The monoisotopic (exact) mass is 191 g/mol. The van der Waals surface area contributed by atoms with Gasteiger partial charge in [0.25, 0.3) is 0 Å². The lowest BCUT2D eigenvalue weighted by Gasteiger charge is -2.27. The van der Waals surface area contributed by atoms with Crippen molar-refractivity contribution in [2.24, 2.45) is 11.7 Å². The van der Waals surface area contributed by atoms with Gasteiger partial charge in [-0.05, 0) is 24.0 Å². The van der Waals surface area contributed by atoms with Crippen LogP contribution in [0.4, 0.5) is 0 Å². The Bertz CT molecular complexity index is 362. The van der Waals surface area contributed by atoms with E-state index in [1.165, 1.54) is 0 Å². The molecule has 3 N–H and O–H groups in total. The molecular formula is C11H13NO2. The Kier molecular flexibility index (Phi) is 2.25. The molecule has 1 aliphatic rings. The first kappa shape index (κ1) is 9.21. The maximum atomic E-state index is 11.0. The van der Waals surface area contributed by atoms with Gasteiger partial charge in [-0.15, -0.1) is 0 Å². The van der Waals surface area contributed by atoms with Gasteiger partial charge in [0.15, 0.2) is 0 Å². The Labute approximate surface area is 82.5 Å². The number of aryl methyl sites for hydroxylation is 1. The summed E-state index contributed by atoms with van der Waals surface area (Å²) in [5, 5.41) is 9.89. The van der Waals surface area contributed by atoms with Crippen LogP contribution < -0.4 is 5.73 Å². The molecule has 1 aromatic carbocycles. The van der Waals surface area contributed by atoms with Crippen molar-refractivity contribution >= 4 is 5.91 Å². The van der Waals surface area contributed by atoms with Crippen molar-refractivity contribution in [1.82, 2.24) is 0 Å². The molecule has 0 saturated heterocycles. The summed E-state index contributed by atoms with van der Waals surface area (Å²) in [6.45, 7) is 0. The van der Waals surface area contributed by atoms with Crippen molar-refractivity contribution in [1.29, 1.82) is 0 Å². The Balaban J connectivity index is 2.36. The number of aliphatic hydroxyl groups excluding tert-OH is 1. The molecule has 0 aromatic heterocycles. The third-order valence-corrected chi connectivity index (χ3v) is 2.84. The van der Waals surface area contributed by atoms with Crippen LogP contribution in [0.25, 0.3) is 0 Å². The molecular weight excluding hydrogens is 178 g/mol. The highest BCUT2D eigenvalue weighted by Gasteiger charge is 2.31. The molecule has 0 spiro atoms. The van der Waals surface area contributed by atoms with E-state index in [1.807, 2.05) is 24.3 Å². The van der Waals surface area contributed by atoms with Crippen LogP contribution in [-0.4, -0.2) is 11.0 Å². The molecule has 0 aliphatic heterocycles. The fourth-order valence-corrected chi connectivity index (χ4v) is 2.03. The lowest BCUT2D eigenvalue weighted by molar-refractivity contribution is -0.126. The molecule has 14 heavy (non-hydrogen) atoms. The van der Waals surface area contributed by atoms with E-state index in [1.54, 1.807) is 0 Å². The zero-order valence-electron chi connectivity index (χ0n) is 7.81. The quantitative estimate of drug-likeness (QED) is 0.688. The molecule has 2 atom stereocenters. The number of hydrogen-bond acceptors (Lipinski definition) is 2. The number of amides is 1. The predicted molar refractivity (Wildman–Crippen MR) is 52.4 cm³/mol. The molecule has 3 nitrogen and oxygen atoms in total. The van der Waals surface area contributed by atoms with Gasteiger partial charge in [0.1, 0.15) is 0 Å². The number of nitrogens with two attached hydrogens (primary N) is 1. The lowest BCUT2D eigenvalue weighted by atomic mass is 9.81. The summed E-state index contributed by atoms with van der Waals surface area (Å²) in [5.41, 5.74) is 7.19. The average Bonchev–Trinajstić information content (AvgIpc) is 2.18. The number of fused-ring (bicyclic) bond motifs is 1. The highest BCUT2D eigenvalue weighted by Crippen LogP contribution is 2.33. The fourth-order valence-electron chi connectivity index (χ4n) is 2.03. The first-order chi connectivity index (χ1) is 6.70. The van der Waals surface area contributed by atoms with E-state index in [4.69, 9.17) is 5.73 Å². The van der Waals surface area contributed by atoms with E-state index in [2.05, 4.69) is 0 Å². The van der Waals surface area contributed by atoms with Gasteiger partial charge in [-0.1, -0.05) is 24.3 Å². The van der Waals surface area contributed by atoms with Crippen LogP contribution in [0.2, 0.25) is 0 Å². The standard InChI is InChI=1S/C11H13NO2/c12-11(14)9-6-5-7-3-1-2-4-8(7)10(9)13/h1-4,9-10,13H,5-6H2,(H2,12,14)/t9-,10-/m1/s1. The Hall–Kier alpha value is -1.35. The van der Waals surface area contributed by atoms with E-state index in [0.29, 0.717) is 6.42 Å². The van der Waals surface area contributed by atoms with Crippen LogP contribution in [0, 0.1) is 5.92 Å². The second-order valence-electron chi connectivity index (χ2n) is 3.69. The zero-order valence-corrected chi connectivity index (χ0v) is 7.81. The first-order valence-corrected chi connectivity index (χ1v) is 4.75. The molecule has 0 unspecified atom stereocenters. The van der Waals surface area contributed by atoms with Gasteiger partial charge in [-0.25, -0.2) is 0 Å². The molecule has 0 bridgehead atoms. The van der Waals surface area contributed by atoms with Gasteiger partial charge < -0.3 is 10.8 Å². The highest BCUT2D eigenvalue weighted by molar-refractivity contribution is 5.78.